The first-order chi connectivity index (χ1) is 16.2. The van der Waals surface area contributed by atoms with E-state index in [0.29, 0.717) is 6.54 Å². The topological polar surface area (TPSA) is 44.3 Å². The molecule has 5 nitrogen and oxygen atoms in total. The predicted molar refractivity (Wildman–Crippen MR) is 132 cm³/mol. The molecule has 2 fully saturated rings. The summed E-state index contributed by atoms with van der Waals surface area (Å²) < 4.78 is 14.1. The van der Waals surface area contributed by atoms with Crippen molar-refractivity contribution in [1.29, 1.82) is 0 Å². The number of nitrogens with one attached hydrogen (secondary N) is 1. The third-order valence-electron chi connectivity index (χ3n) is 7.93. The van der Waals surface area contributed by atoms with Gasteiger partial charge in [0, 0.05) is 51.3 Å². The van der Waals surface area contributed by atoms with Crippen LogP contribution >= 0.6 is 0 Å². The van der Waals surface area contributed by atoms with Crippen LogP contribution in [0.15, 0.2) is 54.0 Å². The van der Waals surface area contributed by atoms with Crippen molar-refractivity contribution >= 4 is 5.95 Å². The maximum absolute atomic E-state index is 14.1. The fraction of sp³-hybridized carbons (Fsp3) is 0.481. The molecule has 0 atom stereocenters. The van der Waals surface area contributed by atoms with Gasteiger partial charge in [-0.15, -0.1) is 0 Å². The fourth-order valence-corrected chi connectivity index (χ4v) is 6.06. The van der Waals surface area contributed by atoms with Gasteiger partial charge in [0.25, 0.3) is 0 Å². The fourth-order valence-electron chi connectivity index (χ4n) is 6.06. The van der Waals surface area contributed by atoms with E-state index < -0.39 is 0 Å². The normalized spacial score (nSPS) is 22.4. The molecule has 0 saturated carbocycles. The molecule has 0 radical (unpaired) electrons. The van der Waals surface area contributed by atoms with Gasteiger partial charge in [0.05, 0.1) is 5.69 Å². The Balaban J connectivity index is 0.00000241. The highest BCUT2D eigenvalue weighted by molar-refractivity contribution is 5.72. The number of allylic oxidation sites excluding steroid dienone is 2. The van der Waals surface area contributed by atoms with E-state index in [1.807, 2.05) is 0 Å². The van der Waals surface area contributed by atoms with E-state index in [-0.39, 0.29) is 12.7 Å². The molecule has 33 heavy (non-hydrogen) atoms. The van der Waals surface area contributed by atoms with E-state index in [2.05, 4.69) is 51.7 Å². The van der Waals surface area contributed by atoms with Gasteiger partial charge in [0.15, 0.2) is 0 Å². The molecule has 3 heterocycles. The molecular formula is C27H34FN5. The molecule has 0 amide bonds. The molecule has 0 bridgehead atoms. The second-order valence-corrected chi connectivity index (χ2v) is 9.92. The van der Waals surface area contributed by atoms with Crippen LogP contribution in [0.25, 0.3) is 11.3 Å². The van der Waals surface area contributed by atoms with Gasteiger partial charge in [-0.05, 0) is 68.0 Å². The molecule has 1 aromatic carbocycles. The highest BCUT2D eigenvalue weighted by Crippen LogP contribution is 2.47. The van der Waals surface area contributed by atoms with E-state index in [4.69, 9.17) is 9.97 Å². The van der Waals surface area contributed by atoms with E-state index in [1.54, 1.807) is 6.08 Å². The van der Waals surface area contributed by atoms with Crippen LogP contribution in [0.4, 0.5) is 10.3 Å². The van der Waals surface area contributed by atoms with Crippen molar-refractivity contribution in [3.05, 3.63) is 65.1 Å². The van der Waals surface area contributed by atoms with Gasteiger partial charge in [-0.3, -0.25) is 4.90 Å². The minimum absolute atomic E-state index is 0. The Bertz CT molecular complexity index is 1100. The number of anilines is 1. The molecule has 174 valence electrons. The standard InChI is InChI=1S/C27H32FN5.H2/c28-24-8-4-1-5-20(24)19-32-13-15-33(16-14-32)26-30-18-21-17-27(9-11-29-12-10-27)23-7-3-2-6-22(23)25(21)31-26;/h2-3,5-8,18,29H,1,4,9-17,19H2;1H. The lowest BCUT2D eigenvalue weighted by Gasteiger charge is -2.43. The molecule has 1 spiro atoms. The van der Waals surface area contributed by atoms with Gasteiger partial charge in [-0.2, -0.15) is 0 Å². The molecule has 2 aliphatic heterocycles. The number of benzene rings is 1. The van der Waals surface area contributed by atoms with Crippen molar-refractivity contribution in [1.82, 2.24) is 20.2 Å². The van der Waals surface area contributed by atoms with Gasteiger partial charge >= 0.3 is 0 Å². The third kappa shape index (κ3) is 3.89. The number of fused-ring (bicyclic) bond motifs is 4. The number of nitrogens with zero attached hydrogens (tertiary/aromatic N) is 4. The number of halogens is 1. The lowest BCUT2D eigenvalue weighted by Crippen LogP contribution is -2.47. The predicted octanol–water partition coefficient (Wildman–Crippen LogP) is 4.26. The Morgan fingerprint density at radius 1 is 1.03 bits per heavy atom. The summed E-state index contributed by atoms with van der Waals surface area (Å²) in [6, 6.07) is 8.87. The molecule has 1 aromatic heterocycles. The van der Waals surface area contributed by atoms with Crippen LogP contribution in [0.3, 0.4) is 0 Å². The monoisotopic (exact) mass is 447 g/mol. The Kier molecular flexibility index (Phi) is 5.51. The quantitative estimate of drug-likeness (QED) is 0.762. The highest BCUT2D eigenvalue weighted by atomic mass is 19.1. The first kappa shape index (κ1) is 21.0. The van der Waals surface area contributed by atoms with Gasteiger partial charge in [0.2, 0.25) is 5.95 Å². The minimum Gasteiger partial charge on any atom is -0.338 e. The van der Waals surface area contributed by atoms with Crippen LogP contribution in [0.5, 0.6) is 0 Å². The van der Waals surface area contributed by atoms with Gasteiger partial charge in [0.1, 0.15) is 5.83 Å². The van der Waals surface area contributed by atoms with Crippen LogP contribution in [0.2, 0.25) is 0 Å². The molecule has 6 heteroatoms. The first-order valence-electron chi connectivity index (χ1n) is 12.4. The number of piperidine rings is 1. The second-order valence-electron chi connectivity index (χ2n) is 9.92. The molecule has 2 aliphatic carbocycles. The first-order valence-corrected chi connectivity index (χ1v) is 12.4. The molecule has 2 saturated heterocycles. The maximum Gasteiger partial charge on any atom is 0.225 e. The number of aromatic nitrogens is 2. The summed E-state index contributed by atoms with van der Waals surface area (Å²) in [5.41, 5.74) is 6.20. The Labute approximate surface area is 196 Å². The number of piperazine rings is 1. The lowest BCUT2D eigenvalue weighted by atomic mass is 9.64. The molecular weight excluding hydrogens is 413 g/mol. The van der Waals surface area contributed by atoms with Crippen molar-refractivity contribution in [2.75, 3.05) is 50.7 Å². The smallest absolute Gasteiger partial charge is 0.225 e. The van der Waals surface area contributed by atoms with Crippen molar-refractivity contribution < 1.29 is 5.82 Å². The Morgan fingerprint density at radius 2 is 1.82 bits per heavy atom. The minimum atomic E-state index is -0.0353. The summed E-state index contributed by atoms with van der Waals surface area (Å²) in [5, 5.41) is 3.53. The van der Waals surface area contributed by atoms with Gasteiger partial charge in [-0.1, -0.05) is 30.3 Å². The zero-order valence-corrected chi connectivity index (χ0v) is 19.2. The number of hydrogen-bond acceptors (Lipinski definition) is 5. The summed E-state index contributed by atoms with van der Waals surface area (Å²) in [7, 11) is 0. The van der Waals surface area contributed by atoms with Crippen LogP contribution in [-0.2, 0) is 11.8 Å². The van der Waals surface area contributed by atoms with Gasteiger partial charge < -0.3 is 10.2 Å². The summed E-state index contributed by atoms with van der Waals surface area (Å²) in [5.74, 6) is 0.791. The molecule has 0 unspecified atom stereocenters. The number of hydrogen-bond donors (Lipinski definition) is 1. The van der Waals surface area contributed by atoms with Crippen molar-refractivity contribution in [2.24, 2.45) is 0 Å². The summed E-state index contributed by atoms with van der Waals surface area (Å²) >= 11 is 0. The largest absolute Gasteiger partial charge is 0.338 e. The van der Waals surface area contributed by atoms with E-state index in [9.17, 15) is 4.39 Å². The highest BCUT2D eigenvalue weighted by Gasteiger charge is 2.40. The molecule has 1 N–H and O–H groups in total. The van der Waals surface area contributed by atoms with Crippen molar-refractivity contribution in [3.63, 3.8) is 0 Å². The van der Waals surface area contributed by atoms with E-state index >= 15 is 0 Å². The van der Waals surface area contributed by atoms with Crippen molar-refractivity contribution in [2.45, 2.75) is 37.5 Å². The van der Waals surface area contributed by atoms with Gasteiger partial charge in [-0.25, -0.2) is 14.4 Å². The molecule has 2 aromatic rings. The van der Waals surface area contributed by atoms with E-state index in [0.717, 1.165) is 75.7 Å². The van der Waals surface area contributed by atoms with Crippen LogP contribution in [0, 0.1) is 0 Å². The second kappa shape index (κ2) is 8.65. The molecule has 4 aliphatic rings. The Morgan fingerprint density at radius 3 is 2.64 bits per heavy atom. The van der Waals surface area contributed by atoms with Crippen LogP contribution in [-0.4, -0.2) is 60.7 Å². The average Bonchev–Trinajstić information content (AvgIpc) is 2.87. The average molecular weight is 448 g/mol. The summed E-state index contributed by atoms with van der Waals surface area (Å²) in [6.45, 7) is 6.39. The number of rotatable bonds is 3. The zero-order valence-electron chi connectivity index (χ0n) is 19.2. The SMILES string of the molecule is FC1=CCCC=C1CN1CCN(c2ncc3c(n2)-c2ccccc2C2(CCNCC2)C3)CC1.[HH]. The zero-order chi connectivity index (χ0) is 22.3. The van der Waals surface area contributed by atoms with Crippen LogP contribution in [0.1, 0.15) is 38.2 Å². The van der Waals surface area contributed by atoms with E-state index in [1.165, 1.54) is 29.5 Å². The summed E-state index contributed by atoms with van der Waals surface area (Å²) in [6.07, 6.45) is 11.0. The summed E-state index contributed by atoms with van der Waals surface area (Å²) in [4.78, 5) is 14.6. The maximum atomic E-state index is 14.1. The third-order valence-corrected chi connectivity index (χ3v) is 7.93. The van der Waals surface area contributed by atoms with Crippen molar-refractivity contribution in [3.8, 4) is 11.3 Å². The lowest BCUT2D eigenvalue weighted by molar-refractivity contribution is 0.275. The Hall–Kier alpha value is -2.57. The molecule has 6 rings (SSSR count). The van der Waals surface area contributed by atoms with Crippen LogP contribution < -0.4 is 10.2 Å².